The summed E-state index contributed by atoms with van der Waals surface area (Å²) in [6.07, 6.45) is 1.80. The maximum Gasteiger partial charge on any atom is 0.335 e. The Bertz CT molecular complexity index is 604. The molecule has 19 heavy (non-hydrogen) atoms. The molecule has 0 radical (unpaired) electrons. The van der Waals surface area contributed by atoms with Gasteiger partial charge in [-0.3, -0.25) is 0 Å². The van der Waals surface area contributed by atoms with Crippen LogP contribution in [-0.2, 0) is 0 Å². The van der Waals surface area contributed by atoms with Crippen LogP contribution in [0.25, 0.3) is 11.1 Å². The molecule has 1 N–H and O–H groups in total. The molecule has 0 amide bonds. The van der Waals surface area contributed by atoms with E-state index in [1.54, 1.807) is 18.3 Å². The Kier molecular flexibility index (Phi) is 3.51. The van der Waals surface area contributed by atoms with E-state index in [0.29, 0.717) is 5.56 Å². The van der Waals surface area contributed by atoms with Crippen LogP contribution in [0.2, 0.25) is 0 Å². The van der Waals surface area contributed by atoms with E-state index in [1.165, 1.54) is 0 Å². The SMILES string of the molecule is Cc1cc(C(=O)O)ccc1-c1ccc(N(C)C)nc1. The molecule has 0 aliphatic heterocycles. The van der Waals surface area contributed by atoms with Crippen molar-refractivity contribution in [3.63, 3.8) is 0 Å². The standard InChI is InChI=1S/C15H16N2O2/c1-10-8-11(15(18)19)4-6-13(10)12-5-7-14(16-9-12)17(2)3/h4-9H,1-3H3,(H,18,19). The number of carboxylic acids is 1. The van der Waals surface area contributed by atoms with Gasteiger partial charge < -0.3 is 10.0 Å². The zero-order valence-electron chi connectivity index (χ0n) is 11.2. The van der Waals surface area contributed by atoms with Crippen LogP contribution >= 0.6 is 0 Å². The minimum absolute atomic E-state index is 0.305. The van der Waals surface area contributed by atoms with Crippen LogP contribution in [-0.4, -0.2) is 30.2 Å². The zero-order chi connectivity index (χ0) is 14.0. The average molecular weight is 256 g/mol. The lowest BCUT2D eigenvalue weighted by Crippen LogP contribution is -2.10. The molecule has 2 aromatic rings. The zero-order valence-corrected chi connectivity index (χ0v) is 11.2. The first-order valence-corrected chi connectivity index (χ1v) is 5.96. The summed E-state index contributed by atoms with van der Waals surface area (Å²) in [5.41, 5.74) is 3.22. The summed E-state index contributed by atoms with van der Waals surface area (Å²) < 4.78 is 0. The van der Waals surface area contributed by atoms with Gasteiger partial charge in [-0.05, 0) is 42.3 Å². The summed E-state index contributed by atoms with van der Waals surface area (Å²) in [6, 6.07) is 9.05. The van der Waals surface area contributed by atoms with Crippen molar-refractivity contribution >= 4 is 11.8 Å². The molecule has 0 spiro atoms. The Morgan fingerprint density at radius 3 is 2.42 bits per heavy atom. The van der Waals surface area contributed by atoms with Gasteiger partial charge in [-0.2, -0.15) is 0 Å². The number of carboxylic acid groups (broad SMARTS) is 1. The number of aromatic carboxylic acids is 1. The highest BCUT2D eigenvalue weighted by atomic mass is 16.4. The van der Waals surface area contributed by atoms with Gasteiger partial charge in [0, 0.05) is 25.9 Å². The summed E-state index contributed by atoms with van der Waals surface area (Å²) in [7, 11) is 3.88. The molecule has 0 unspecified atom stereocenters. The van der Waals surface area contributed by atoms with Crippen molar-refractivity contribution in [2.45, 2.75) is 6.92 Å². The maximum absolute atomic E-state index is 10.9. The molecule has 4 nitrogen and oxygen atoms in total. The van der Waals surface area contributed by atoms with Crippen LogP contribution in [0.15, 0.2) is 36.5 Å². The molecule has 98 valence electrons. The molecular weight excluding hydrogens is 240 g/mol. The van der Waals surface area contributed by atoms with Gasteiger partial charge in [-0.15, -0.1) is 0 Å². The fraction of sp³-hybridized carbons (Fsp3) is 0.200. The van der Waals surface area contributed by atoms with Crippen LogP contribution < -0.4 is 4.90 Å². The van der Waals surface area contributed by atoms with Crippen molar-refractivity contribution < 1.29 is 9.90 Å². The molecule has 0 fully saturated rings. The number of benzene rings is 1. The highest BCUT2D eigenvalue weighted by molar-refractivity contribution is 5.89. The molecule has 0 saturated carbocycles. The first-order valence-electron chi connectivity index (χ1n) is 5.96. The summed E-state index contributed by atoms with van der Waals surface area (Å²) in [6.45, 7) is 1.90. The second-order valence-corrected chi connectivity index (χ2v) is 4.63. The predicted molar refractivity (Wildman–Crippen MR) is 75.7 cm³/mol. The summed E-state index contributed by atoms with van der Waals surface area (Å²) in [5.74, 6) is -0.0145. The van der Waals surface area contributed by atoms with E-state index in [-0.39, 0.29) is 0 Å². The second kappa shape index (κ2) is 5.10. The molecule has 0 bridgehead atoms. The van der Waals surface area contributed by atoms with Gasteiger partial charge in [0.05, 0.1) is 5.56 Å². The average Bonchev–Trinajstić information content (AvgIpc) is 2.38. The number of carbonyl (C=O) groups is 1. The number of hydrogen-bond acceptors (Lipinski definition) is 3. The van der Waals surface area contributed by atoms with E-state index in [9.17, 15) is 4.79 Å². The quantitative estimate of drug-likeness (QED) is 0.917. The third kappa shape index (κ3) is 2.73. The maximum atomic E-state index is 10.9. The van der Waals surface area contributed by atoms with E-state index < -0.39 is 5.97 Å². The normalized spacial score (nSPS) is 10.3. The predicted octanol–water partition coefficient (Wildman–Crippen LogP) is 2.82. The Morgan fingerprint density at radius 1 is 1.21 bits per heavy atom. The molecule has 2 rings (SSSR count). The van der Waals surface area contributed by atoms with Gasteiger partial charge in [0.2, 0.25) is 0 Å². The monoisotopic (exact) mass is 256 g/mol. The van der Waals surface area contributed by atoms with Gasteiger partial charge in [0.15, 0.2) is 0 Å². The Labute approximate surface area is 112 Å². The van der Waals surface area contributed by atoms with Crippen LogP contribution in [0.3, 0.4) is 0 Å². The molecule has 0 saturated heterocycles. The first kappa shape index (κ1) is 13.1. The van der Waals surface area contributed by atoms with Crippen molar-refractivity contribution in [3.05, 3.63) is 47.7 Å². The van der Waals surface area contributed by atoms with Crippen molar-refractivity contribution in [2.24, 2.45) is 0 Å². The van der Waals surface area contributed by atoms with E-state index >= 15 is 0 Å². The highest BCUT2D eigenvalue weighted by Crippen LogP contribution is 2.24. The van der Waals surface area contributed by atoms with Gasteiger partial charge in [0.1, 0.15) is 5.82 Å². The van der Waals surface area contributed by atoms with E-state index in [4.69, 9.17) is 5.11 Å². The van der Waals surface area contributed by atoms with Crippen LogP contribution in [0.1, 0.15) is 15.9 Å². The smallest absolute Gasteiger partial charge is 0.335 e. The molecule has 0 atom stereocenters. The number of hydrogen-bond donors (Lipinski definition) is 1. The molecular formula is C15H16N2O2. The Hall–Kier alpha value is -2.36. The third-order valence-corrected chi connectivity index (χ3v) is 2.99. The summed E-state index contributed by atoms with van der Waals surface area (Å²) in [5, 5.41) is 8.95. The van der Waals surface area contributed by atoms with Crippen molar-refractivity contribution in [3.8, 4) is 11.1 Å². The lowest BCUT2D eigenvalue weighted by atomic mass is 10.00. The second-order valence-electron chi connectivity index (χ2n) is 4.63. The lowest BCUT2D eigenvalue weighted by Gasteiger charge is -2.12. The summed E-state index contributed by atoms with van der Waals surface area (Å²) in [4.78, 5) is 17.2. The topological polar surface area (TPSA) is 53.4 Å². The Morgan fingerprint density at radius 2 is 1.95 bits per heavy atom. The molecule has 1 aromatic carbocycles. The molecule has 0 aliphatic carbocycles. The van der Waals surface area contributed by atoms with Gasteiger partial charge >= 0.3 is 5.97 Å². The van der Waals surface area contributed by atoms with Crippen molar-refractivity contribution in [1.29, 1.82) is 0 Å². The van der Waals surface area contributed by atoms with E-state index in [1.807, 2.05) is 44.1 Å². The molecule has 1 heterocycles. The number of pyridine rings is 1. The summed E-state index contributed by atoms with van der Waals surface area (Å²) >= 11 is 0. The number of aryl methyl sites for hydroxylation is 1. The van der Waals surface area contributed by atoms with Gasteiger partial charge in [0.25, 0.3) is 0 Å². The number of nitrogens with zero attached hydrogens (tertiary/aromatic N) is 2. The number of aromatic nitrogens is 1. The third-order valence-electron chi connectivity index (χ3n) is 2.99. The largest absolute Gasteiger partial charge is 0.478 e. The fourth-order valence-corrected chi connectivity index (χ4v) is 1.93. The molecule has 1 aromatic heterocycles. The van der Waals surface area contributed by atoms with Crippen molar-refractivity contribution in [2.75, 3.05) is 19.0 Å². The van der Waals surface area contributed by atoms with Crippen LogP contribution in [0.4, 0.5) is 5.82 Å². The minimum atomic E-state index is -0.907. The van der Waals surface area contributed by atoms with Crippen LogP contribution in [0, 0.1) is 6.92 Å². The highest BCUT2D eigenvalue weighted by Gasteiger charge is 2.08. The van der Waals surface area contributed by atoms with Gasteiger partial charge in [-0.1, -0.05) is 6.07 Å². The van der Waals surface area contributed by atoms with E-state index in [0.717, 1.165) is 22.5 Å². The number of rotatable bonds is 3. The van der Waals surface area contributed by atoms with E-state index in [2.05, 4.69) is 4.98 Å². The number of anilines is 1. The fourth-order valence-electron chi connectivity index (χ4n) is 1.93. The van der Waals surface area contributed by atoms with Gasteiger partial charge in [-0.25, -0.2) is 9.78 Å². The van der Waals surface area contributed by atoms with Crippen LogP contribution in [0.5, 0.6) is 0 Å². The van der Waals surface area contributed by atoms with Crippen molar-refractivity contribution in [1.82, 2.24) is 4.98 Å². The molecule has 0 aliphatic rings. The molecule has 4 heteroatoms. The first-order chi connectivity index (χ1) is 8.99. The Balaban J connectivity index is 2.39. The lowest BCUT2D eigenvalue weighted by molar-refractivity contribution is 0.0697. The minimum Gasteiger partial charge on any atom is -0.478 e.